The number of carbonyl (C=O) groups is 2. The van der Waals surface area contributed by atoms with Crippen molar-refractivity contribution in [2.75, 3.05) is 26.2 Å². The molecule has 1 aliphatic carbocycles. The normalized spacial score (nSPS) is 19.1. The summed E-state index contributed by atoms with van der Waals surface area (Å²) in [6.45, 7) is 4.59. The van der Waals surface area contributed by atoms with Crippen molar-refractivity contribution in [2.45, 2.75) is 51.9 Å². The highest BCUT2D eigenvalue weighted by molar-refractivity contribution is 5.95. The molecule has 0 radical (unpaired) electrons. The molecule has 136 valence electrons. The highest BCUT2D eigenvalue weighted by Crippen LogP contribution is 2.27. The van der Waals surface area contributed by atoms with Crippen molar-refractivity contribution in [1.82, 2.24) is 9.80 Å². The van der Waals surface area contributed by atoms with Crippen LogP contribution in [0.2, 0.25) is 0 Å². The van der Waals surface area contributed by atoms with Gasteiger partial charge in [0.05, 0.1) is 0 Å². The van der Waals surface area contributed by atoms with Crippen molar-refractivity contribution >= 4 is 11.8 Å². The average Bonchev–Trinajstić information content (AvgIpc) is 2.67. The average molecular weight is 342 g/mol. The van der Waals surface area contributed by atoms with Gasteiger partial charge in [-0.1, -0.05) is 50.3 Å². The lowest BCUT2D eigenvalue weighted by Gasteiger charge is -2.35. The Bertz CT molecular complexity index is 600. The number of hydrogen-bond acceptors (Lipinski definition) is 2. The lowest BCUT2D eigenvalue weighted by atomic mass is 9.86. The molecule has 2 aliphatic rings. The highest BCUT2D eigenvalue weighted by Gasteiger charge is 2.26. The molecule has 0 unspecified atom stereocenters. The van der Waals surface area contributed by atoms with Gasteiger partial charge in [0.25, 0.3) is 5.91 Å². The minimum atomic E-state index is 0.0902. The van der Waals surface area contributed by atoms with Crippen LogP contribution in [-0.4, -0.2) is 47.8 Å². The first-order valence-corrected chi connectivity index (χ1v) is 9.78. The molecule has 1 heterocycles. The molecule has 1 saturated carbocycles. The minimum absolute atomic E-state index is 0.0902. The zero-order valence-corrected chi connectivity index (χ0v) is 15.4. The van der Waals surface area contributed by atoms with Gasteiger partial charge in [-0.05, 0) is 30.9 Å². The summed E-state index contributed by atoms with van der Waals surface area (Å²) >= 11 is 0. The second-order valence-electron chi connectivity index (χ2n) is 7.53. The molecule has 1 aliphatic heterocycles. The van der Waals surface area contributed by atoms with Crippen molar-refractivity contribution in [3.8, 4) is 0 Å². The van der Waals surface area contributed by atoms with Crippen LogP contribution >= 0.6 is 0 Å². The number of aryl methyl sites for hydroxylation is 1. The van der Waals surface area contributed by atoms with E-state index in [-0.39, 0.29) is 11.8 Å². The van der Waals surface area contributed by atoms with Crippen LogP contribution in [0, 0.1) is 12.8 Å². The Morgan fingerprint density at radius 2 is 1.60 bits per heavy atom. The minimum Gasteiger partial charge on any atom is -0.339 e. The second kappa shape index (κ2) is 8.50. The quantitative estimate of drug-likeness (QED) is 0.838. The zero-order valence-electron chi connectivity index (χ0n) is 15.4. The molecule has 0 aromatic heterocycles. The maximum atomic E-state index is 12.7. The van der Waals surface area contributed by atoms with E-state index in [1.54, 1.807) is 0 Å². The Hall–Kier alpha value is -1.84. The van der Waals surface area contributed by atoms with E-state index in [4.69, 9.17) is 0 Å². The second-order valence-corrected chi connectivity index (χ2v) is 7.53. The molecule has 2 amide bonds. The van der Waals surface area contributed by atoms with Crippen LogP contribution in [0.25, 0.3) is 0 Å². The molecule has 0 atom stereocenters. The van der Waals surface area contributed by atoms with Gasteiger partial charge in [0.15, 0.2) is 0 Å². The van der Waals surface area contributed by atoms with Crippen molar-refractivity contribution in [1.29, 1.82) is 0 Å². The van der Waals surface area contributed by atoms with E-state index in [1.165, 1.54) is 32.1 Å². The maximum absolute atomic E-state index is 12.7. The molecule has 1 aromatic carbocycles. The van der Waals surface area contributed by atoms with Crippen LogP contribution in [0.3, 0.4) is 0 Å². The Kier molecular flexibility index (Phi) is 6.11. The summed E-state index contributed by atoms with van der Waals surface area (Å²) in [6.07, 6.45) is 8.34. The lowest BCUT2D eigenvalue weighted by Crippen LogP contribution is -2.50. The highest BCUT2D eigenvalue weighted by atomic mass is 16.2. The smallest absolute Gasteiger partial charge is 0.254 e. The maximum Gasteiger partial charge on any atom is 0.254 e. The third-order valence-electron chi connectivity index (χ3n) is 5.79. The number of rotatable bonds is 4. The van der Waals surface area contributed by atoms with E-state index in [0.29, 0.717) is 32.6 Å². The van der Waals surface area contributed by atoms with Crippen LogP contribution in [0.1, 0.15) is 60.9 Å². The first kappa shape index (κ1) is 18.0. The van der Waals surface area contributed by atoms with E-state index < -0.39 is 0 Å². The van der Waals surface area contributed by atoms with Gasteiger partial charge in [-0.25, -0.2) is 0 Å². The number of benzene rings is 1. The Balaban J connectivity index is 1.45. The molecular formula is C21H30N2O2. The Morgan fingerprint density at radius 3 is 2.28 bits per heavy atom. The van der Waals surface area contributed by atoms with Gasteiger partial charge in [0.2, 0.25) is 5.91 Å². The molecule has 0 bridgehead atoms. The predicted molar refractivity (Wildman–Crippen MR) is 99.5 cm³/mol. The number of carbonyl (C=O) groups excluding carboxylic acids is 2. The van der Waals surface area contributed by atoms with Gasteiger partial charge in [0, 0.05) is 38.2 Å². The van der Waals surface area contributed by atoms with E-state index in [9.17, 15) is 9.59 Å². The van der Waals surface area contributed by atoms with Gasteiger partial charge >= 0.3 is 0 Å². The summed E-state index contributed by atoms with van der Waals surface area (Å²) in [5.74, 6) is 1.11. The van der Waals surface area contributed by atoms with Crippen molar-refractivity contribution in [3.05, 3.63) is 35.4 Å². The number of piperazine rings is 1. The van der Waals surface area contributed by atoms with Crippen LogP contribution < -0.4 is 0 Å². The fraction of sp³-hybridized carbons (Fsp3) is 0.619. The monoisotopic (exact) mass is 342 g/mol. The van der Waals surface area contributed by atoms with Gasteiger partial charge in [-0.3, -0.25) is 9.59 Å². The number of hydrogen-bond donors (Lipinski definition) is 0. The molecule has 0 spiro atoms. The summed E-state index contributed by atoms with van der Waals surface area (Å²) in [7, 11) is 0. The molecule has 1 saturated heterocycles. The van der Waals surface area contributed by atoms with E-state index in [2.05, 4.69) is 0 Å². The molecule has 25 heavy (non-hydrogen) atoms. The third-order valence-corrected chi connectivity index (χ3v) is 5.79. The predicted octanol–water partition coefficient (Wildman–Crippen LogP) is 3.64. The first-order valence-electron chi connectivity index (χ1n) is 9.78. The largest absolute Gasteiger partial charge is 0.339 e. The molecule has 0 N–H and O–H groups in total. The Morgan fingerprint density at radius 1 is 0.960 bits per heavy atom. The molecule has 2 fully saturated rings. The molecule has 4 heteroatoms. The van der Waals surface area contributed by atoms with E-state index >= 15 is 0 Å². The number of amides is 2. The summed E-state index contributed by atoms with van der Waals surface area (Å²) in [6, 6.07) is 7.72. The van der Waals surface area contributed by atoms with Gasteiger partial charge in [-0.2, -0.15) is 0 Å². The lowest BCUT2D eigenvalue weighted by molar-refractivity contribution is -0.133. The number of nitrogens with zero attached hydrogens (tertiary/aromatic N) is 2. The fourth-order valence-corrected chi connectivity index (χ4v) is 4.10. The van der Waals surface area contributed by atoms with Crippen LogP contribution in [0.4, 0.5) is 0 Å². The summed E-state index contributed by atoms with van der Waals surface area (Å²) < 4.78 is 0. The third kappa shape index (κ3) is 4.62. The molecule has 3 rings (SSSR count). The zero-order chi connectivity index (χ0) is 17.6. The van der Waals surface area contributed by atoms with Crippen LogP contribution in [0.15, 0.2) is 24.3 Å². The van der Waals surface area contributed by atoms with Crippen LogP contribution in [0.5, 0.6) is 0 Å². The van der Waals surface area contributed by atoms with E-state index in [0.717, 1.165) is 23.5 Å². The SMILES string of the molecule is Cc1ccccc1C(=O)N1CCN(C(=O)CCC2CCCCC2)CC1. The van der Waals surface area contributed by atoms with Crippen molar-refractivity contribution < 1.29 is 9.59 Å². The van der Waals surface area contributed by atoms with Crippen LogP contribution in [-0.2, 0) is 4.79 Å². The van der Waals surface area contributed by atoms with Gasteiger partial charge < -0.3 is 9.80 Å². The molecule has 1 aromatic rings. The van der Waals surface area contributed by atoms with E-state index in [1.807, 2.05) is 41.0 Å². The standard InChI is InChI=1S/C21H30N2O2/c1-17-7-5-6-10-19(17)21(25)23-15-13-22(14-16-23)20(24)12-11-18-8-3-2-4-9-18/h5-7,10,18H,2-4,8-9,11-16H2,1H3. The summed E-state index contributed by atoms with van der Waals surface area (Å²) in [5.41, 5.74) is 1.79. The summed E-state index contributed by atoms with van der Waals surface area (Å²) in [5, 5.41) is 0. The Labute approximate surface area is 151 Å². The van der Waals surface area contributed by atoms with Crippen molar-refractivity contribution in [3.63, 3.8) is 0 Å². The van der Waals surface area contributed by atoms with Gasteiger partial charge in [-0.15, -0.1) is 0 Å². The summed E-state index contributed by atoms with van der Waals surface area (Å²) in [4.78, 5) is 28.9. The molecular weight excluding hydrogens is 312 g/mol. The topological polar surface area (TPSA) is 40.6 Å². The van der Waals surface area contributed by atoms with Gasteiger partial charge in [0.1, 0.15) is 0 Å². The first-order chi connectivity index (χ1) is 12.1. The fourth-order valence-electron chi connectivity index (χ4n) is 4.10. The molecule has 4 nitrogen and oxygen atoms in total. The van der Waals surface area contributed by atoms with Crippen molar-refractivity contribution in [2.24, 2.45) is 5.92 Å².